The Morgan fingerprint density at radius 3 is 2.00 bits per heavy atom. The van der Waals surface area contributed by atoms with Gasteiger partial charge in [0.15, 0.2) is 0 Å². The molecule has 120 valence electrons. The van der Waals surface area contributed by atoms with Crippen LogP contribution in [0, 0.1) is 0 Å². The molecule has 0 aliphatic carbocycles. The van der Waals surface area contributed by atoms with Crippen LogP contribution in [0.1, 0.15) is 17.5 Å². The van der Waals surface area contributed by atoms with E-state index in [1.807, 2.05) is 66.9 Å². The average Bonchev–Trinajstić information content (AvgIpc) is 2.63. The van der Waals surface area contributed by atoms with E-state index in [4.69, 9.17) is 9.73 Å². The second kappa shape index (κ2) is 9.16. The van der Waals surface area contributed by atoms with Crippen LogP contribution in [0.25, 0.3) is 0 Å². The average molecular weight is 327 g/mol. The largest absolute Gasteiger partial charge is 0.467 e. The minimum absolute atomic E-state index is 0.289. The van der Waals surface area contributed by atoms with Gasteiger partial charge in [0.05, 0.1) is 12.8 Å². The maximum Gasteiger partial charge on any atom is 0.330 e. The summed E-state index contributed by atoms with van der Waals surface area (Å²) in [7, 11) is 1.41. The normalized spacial score (nSPS) is 11.6. The zero-order valence-electron chi connectivity index (χ0n) is 13.4. The monoisotopic (exact) mass is 327 g/mol. The smallest absolute Gasteiger partial charge is 0.330 e. The van der Waals surface area contributed by atoms with Gasteiger partial charge in [0, 0.05) is 11.1 Å². The molecule has 0 radical (unpaired) electrons. The van der Waals surface area contributed by atoms with E-state index in [9.17, 15) is 4.79 Å². The second-order valence-electron chi connectivity index (χ2n) is 5.03. The number of rotatable bonds is 7. The van der Waals surface area contributed by atoms with Gasteiger partial charge in [-0.2, -0.15) is 11.8 Å². The summed E-state index contributed by atoms with van der Waals surface area (Å²) in [4.78, 5) is 16.8. The molecule has 0 fully saturated rings. The standard InChI is InChI=1S/C19H21NO2S/c1-22-19(21)17(13-14-23-2)20-18(15-9-5-3-6-10-15)16-11-7-4-8-12-16/h3-12,17H,13-14H2,1-2H3/t17-/m1/s1. The highest BCUT2D eigenvalue weighted by molar-refractivity contribution is 7.98. The predicted molar refractivity (Wildman–Crippen MR) is 97.3 cm³/mol. The molecule has 23 heavy (non-hydrogen) atoms. The number of hydrogen-bond donors (Lipinski definition) is 0. The van der Waals surface area contributed by atoms with Crippen LogP contribution in [0.15, 0.2) is 65.7 Å². The molecule has 0 heterocycles. The summed E-state index contributed by atoms with van der Waals surface area (Å²) in [5.74, 6) is 0.573. The number of carbonyl (C=O) groups excluding carboxylic acids is 1. The van der Waals surface area contributed by atoms with E-state index in [1.54, 1.807) is 11.8 Å². The van der Waals surface area contributed by atoms with E-state index >= 15 is 0 Å². The van der Waals surface area contributed by atoms with E-state index < -0.39 is 6.04 Å². The van der Waals surface area contributed by atoms with Gasteiger partial charge in [-0.15, -0.1) is 0 Å². The minimum atomic E-state index is -0.483. The summed E-state index contributed by atoms with van der Waals surface area (Å²) in [6.07, 6.45) is 2.68. The lowest BCUT2D eigenvalue weighted by molar-refractivity contribution is -0.142. The fourth-order valence-electron chi connectivity index (χ4n) is 2.26. The maximum atomic E-state index is 12.1. The molecule has 0 unspecified atom stereocenters. The number of benzene rings is 2. The third-order valence-electron chi connectivity index (χ3n) is 3.45. The van der Waals surface area contributed by atoms with Gasteiger partial charge in [-0.05, 0) is 18.4 Å². The van der Waals surface area contributed by atoms with Gasteiger partial charge in [-0.3, -0.25) is 4.99 Å². The van der Waals surface area contributed by atoms with Crippen molar-refractivity contribution in [3.8, 4) is 0 Å². The zero-order chi connectivity index (χ0) is 16.5. The third kappa shape index (κ3) is 4.96. The van der Waals surface area contributed by atoms with Crippen molar-refractivity contribution in [2.24, 2.45) is 4.99 Å². The van der Waals surface area contributed by atoms with Gasteiger partial charge in [0.2, 0.25) is 0 Å². The molecule has 2 rings (SSSR count). The molecule has 1 atom stereocenters. The van der Waals surface area contributed by atoms with Crippen molar-refractivity contribution >= 4 is 23.4 Å². The lowest BCUT2D eigenvalue weighted by Gasteiger charge is -2.14. The van der Waals surface area contributed by atoms with Crippen LogP contribution in [0.3, 0.4) is 0 Å². The Bertz CT molecular complexity index is 599. The van der Waals surface area contributed by atoms with Crippen molar-refractivity contribution in [3.05, 3.63) is 71.8 Å². The first-order chi connectivity index (χ1) is 11.3. The fourth-order valence-corrected chi connectivity index (χ4v) is 2.72. The van der Waals surface area contributed by atoms with Gasteiger partial charge in [0.1, 0.15) is 6.04 Å². The van der Waals surface area contributed by atoms with Crippen molar-refractivity contribution < 1.29 is 9.53 Å². The Kier molecular flexibility index (Phi) is 6.88. The van der Waals surface area contributed by atoms with Crippen molar-refractivity contribution in [1.29, 1.82) is 0 Å². The van der Waals surface area contributed by atoms with Gasteiger partial charge in [-0.25, -0.2) is 4.79 Å². The summed E-state index contributed by atoms with van der Waals surface area (Å²) >= 11 is 1.70. The summed E-state index contributed by atoms with van der Waals surface area (Å²) in [6, 6.07) is 19.4. The number of thioether (sulfide) groups is 1. The van der Waals surface area contributed by atoms with Crippen molar-refractivity contribution in [2.75, 3.05) is 19.1 Å². The molecule has 2 aromatic carbocycles. The molecule has 2 aromatic rings. The van der Waals surface area contributed by atoms with Crippen LogP contribution >= 0.6 is 11.8 Å². The molecule has 0 N–H and O–H groups in total. The summed E-state index contributed by atoms with van der Waals surface area (Å²) in [5, 5.41) is 0. The predicted octanol–water partition coefficient (Wildman–Crippen LogP) is 3.82. The van der Waals surface area contributed by atoms with Gasteiger partial charge >= 0.3 is 5.97 Å². The van der Waals surface area contributed by atoms with Crippen molar-refractivity contribution in [2.45, 2.75) is 12.5 Å². The van der Waals surface area contributed by atoms with Crippen molar-refractivity contribution in [3.63, 3.8) is 0 Å². The molecule has 0 amide bonds. The summed E-state index contributed by atoms with van der Waals surface area (Å²) < 4.78 is 4.93. The third-order valence-corrected chi connectivity index (χ3v) is 4.09. The van der Waals surface area contributed by atoms with Crippen LogP contribution in [0.4, 0.5) is 0 Å². The van der Waals surface area contributed by atoms with E-state index in [2.05, 4.69) is 0 Å². The second-order valence-corrected chi connectivity index (χ2v) is 6.02. The fraction of sp³-hybridized carbons (Fsp3) is 0.263. The molecular weight excluding hydrogens is 306 g/mol. The number of esters is 1. The first-order valence-corrected chi connectivity index (χ1v) is 8.91. The number of aliphatic imine (C=N–C) groups is 1. The van der Waals surface area contributed by atoms with Crippen LogP contribution in [-0.4, -0.2) is 36.8 Å². The van der Waals surface area contributed by atoms with Crippen molar-refractivity contribution in [1.82, 2.24) is 0 Å². The van der Waals surface area contributed by atoms with E-state index in [0.29, 0.717) is 6.42 Å². The quantitative estimate of drug-likeness (QED) is 0.573. The highest BCUT2D eigenvalue weighted by Crippen LogP contribution is 2.15. The topological polar surface area (TPSA) is 38.7 Å². The maximum absolute atomic E-state index is 12.1. The van der Waals surface area contributed by atoms with E-state index in [-0.39, 0.29) is 5.97 Å². The minimum Gasteiger partial charge on any atom is -0.467 e. The SMILES string of the molecule is COC(=O)[C@@H](CCSC)N=C(c1ccccc1)c1ccccc1. The number of carbonyl (C=O) groups is 1. The molecule has 0 bridgehead atoms. The van der Waals surface area contributed by atoms with E-state index in [0.717, 1.165) is 22.6 Å². The van der Waals surface area contributed by atoms with Crippen LogP contribution in [0.2, 0.25) is 0 Å². The Morgan fingerprint density at radius 1 is 1.04 bits per heavy atom. The first kappa shape index (κ1) is 17.3. The van der Waals surface area contributed by atoms with Crippen LogP contribution in [0.5, 0.6) is 0 Å². The molecule has 0 saturated carbocycles. The number of hydrogen-bond acceptors (Lipinski definition) is 4. The molecule has 0 aromatic heterocycles. The Morgan fingerprint density at radius 2 is 1.57 bits per heavy atom. The Labute approximate surface area is 141 Å². The molecular formula is C19H21NO2S. The Hall–Kier alpha value is -2.07. The lowest BCUT2D eigenvalue weighted by Crippen LogP contribution is -2.23. The zero-order valence-corrected chi connectivity index (χ0v) is 14.3. The number of methoxy groups -OCH3 is 1. The summed E-state index contributed by atoms with van der Waals surface area (Å²) in [5.41, 5.74) is 2.82. The van der Waals surface area contributed by atoms with E-state index in [1.165, 1.54) is 7.11 Å². The molecule has 0 saturated heterocycles. The number of ether oxygens (including phenoxy) is 1. The van der Waals surface area contributed by atoms with Crippen LogP contribution in [-0.2, 0) is 9.53 Å². The highest BCUT2D eigenvalue weighted by Gasteiger charge is 2.19. The number of nitrogens with zero attached hydrogens (tertiary/aromatic N) is 1. The molecule has 0 aliphatic rings. The first-order valence-electron chi connectivity index (χ1n) is 7.51. The molecule has 0 aliphatic heterocycles. The Balaban J connectivity index is 2.44. The molecule has 3 nitrogen and oxygen atoms in total. The van der Waals surface area contributed by atoms with Crippen LogP contribution < -0.4 is 0 Å². The molecule has 4 heteroatoms. The lowest BCUT2D eigenvalue weighted by atomic mass is 10.0. The summed E-state index contributed by atoms with van der Waals surface area (Å²) in [6.45, 7) is 0. The van der Waals surface area contributed by atoms with Gasteiger partial charge < -0.3 is 4.74 Å². The van der Waals surface area contributed by atoms with Gasteiger partial charge in [-0.1, -0.05) is 60.7 Å². The molecule has 0 spiro atoms. The van der Waals surface area contributed by atoms with Gasteiger partial charge in [0.25, 0.3) is 0 Å². The highest BCUT2D eigenvalue weighted by atomic mass is 32.2.